The van der Waals surface area contributed by atoms with Crippen LogP contribution in [0.25, 0.3) is 10.9 Å². The van der Waals surface area contributed by atoms with Gasteiger partial charge in [-0.2, -0.15) is 0 Å². The lowest BCUT2D eigenvalue weighted by Gasteiger charge is -1.95. The van der Waals surface area contributed by atoms with Gasteiger partial charge in [-0.05, 0) is 24.6 Å². The molecule has 0 saturated heterocycles. The zero-order valence-electron chi connectivity index (χ0n) is 6.69. The van der Waals surface area contributed by atoms with Crippen molar-refractivity contribution in [1.29, 1.82) is 0 Å². The minimum atomic E-state index is 0.0258. The maximum atomic E-state index is 10.7. The molecule has 0 radical (unpaired) electrons. The average molecular weight is 177 g/mol. The van der Waals surface area contributed by atoms with Gasteiger partial charge in [0.25, 0.3) is 8.61 Å². The van der Waals surface area contributed by atoms with Crippen LogP contribution in [-0.2, 0) is 4.57 Å². The van der Waals surface area contributed by atoms with E-state index in [1.807, 2.05) is 37.4 Å². The summed E-state index contributed by atoms with van der Waals surface area (Å²) >= 11 is 0. The zero-order valence-corrected chi connectivity index (χ0v) is 7.58. The van der Waals surface area contributed by atoms with Crippen molar-refractivity contribution in [3.05, 3.63) is 36.0 Å². The van der Waals surface area contributed by atoms with Crippen LogP contribution in [0.5, 0.6) is 0 Å². The van der Waals surface area contributed by atoms with Crippen LogP contribution >= 0.6 is 8.61 Å². The van der Waals surface area contributed by atoms with E-state index in [1.54, 1.807) is 4.34 Å². The summed E-state index contributed by atoms with van der Waals surface area (Å²) in [6.07, 6.45) is 1.83. The number of benzene rings is 1. The fourth-order valence-electron chi connectivity index (χ4n) is 1.38. The van der Waals surface area contributed by atoms with Crippen molar-refractivity contribution in [2.45, 2.75) is 6.92 Å². The van der Waals surface area contributed by atoms with Crippen molar-refractivity contribution in [3.63, 3.8) is 0 Å². The minimum Gasteiger partial charge on any atom is -0.266 e. The summed E-state index contributed by atoms with van der Waals surface area (Å²) in [6, 6.07) is 7.97. The van der Waals surface area contributed by atoms with Crippen LogP contribution in [0.15, 0.2) is 30.5 Å². The molecular formula is C9H8NOP. The van der Waals surface area contributed by atoms with Crippen molar-refractivity contribution in [3.8, 4) is 0 Å². The molecule has 12 heavy (non-hydrogen) atoms. The van der Waals surface area contributed by atoms with Crippen LogP contribution in [0, 0.1) is 6.92 Å². The molecule has 1 aromatic heterocycles. The van der Waals surface area contributed by atoms with Gasteiger partial charge < -0.3 is 0 Å². The van der Waals surface area contributed by atoms with Gasteiger partial charge in [0.15, 0.2) is 0 Å². The summed E-state index contributed by atoms with van der Waals surface area (Å²) in [5, 5.41) is 1.17. The lowest BCUT2D eigenvalue weighted by atomic mass is 10.1. The second kappa shape index (κ2) is 2.72. The Bertz CT molecular complexity index is 433. The largest absolute Gasteiger partial charge is 0.286 e. The maximum absolute atomic E-state index is 10.7. The molecule has 60 valence electrons. The topological polar surface area (TPSA) is 22.0 Å². The number of aryl methyl sites for hydroxylation is 1. The molecule has 2 rings (SSSR count). The fourth-order valence-corrected chi connectivity index (χ4v) is 1.76. The number of nitrogens with zero attached hydrogens (tertiary/aromatic N) is 1. The van der Waals surface area contributed by atoms with Gasteiger partial charge in [-0.25, -0.2) is 4.57 Å². The summed E-state index contributed by atoms with van der Waals surface area (Å²) in [7, 11) is 0.0258. The van der Waals surface area contributed by atoms with E-state index in [9.17, 15) is 4.57 Å². The predicted molar refractivity (Wildman–Crippen MR) is 49.7 cm³/mol. The van der Waals surface area contributed by atoms with Crippen LogP contribution in [0.3, 0.4) is 0 Å². The smallest absolute Gasteiger partial charge is 0.266 e. The van der Waals surface area contributed by atoms with E-state index in [4.69, 9.17) is 0 Å². The van der Waals surface area contributed by atoms with E-state index in [0.29, 0.717) is 0 Å². The Labute approximate surface area is 72.1 Å². The third-order valence-electron chi connectivity index (χ3n) is 2.02. The van der Waals surface area contributed by atoms with Crippen molar-refractivity contribution in [1.82, 2.24) is 4.34 Å². The molecule has 3 heteroatoms. The molecule has 1 heterocycles. The summed E-state index contributed by atoms with van der Waals surface area (Å²) < 4.78 is 12.3. The van der Waals surface area contributed by atoms with E-state index in [2.05, 4.69) is 0 Å². The van der Waals surface area contributed by atoms with Gasteiger partial charge in [0.1, 0.15) is 0 Å². The van der Waals surface area contributed by atoms with Gasteiger partial charge in [-0.1, -0.05) is 12.1 Å². The first-order valence-corrected chi connectivity index (χ1v) is 4.50. The lowest BCUT2D eigenvalue weighted by molar-refractivity contribution is 0.595. The van der Waals surface area contributed by atoms with Gasteiger partial charge in [-0.15, -0.1) is 0 Å². The summed E-state index contributed by atoms with van der Waals surface area (Å²) in [5.41, 5.74) is 2.24. The van der Waals surface area contributed by atoms with Crippen LogP contribution in [-0.4, -0.2) is 4.34 Å². The van der Waals surface area contributed by atoms with E-state index in [-0.39, 0.29) is 8.61 Å². The predicted octanol–water partition coefficient (Wildman–Crippen LogP) is 3.00. The van der Waals surface area contributed by atoms with Crippen molar-refractivity contribution in [2.75, 3.05) is 0 Å². The Morgan fingerprint density at radius 1 is 1.33 bits per heavy atom. The molecule has 0 amide bonds. The van der Waals surface area contributed by atoms with E-state index in [0.717, 1.165) is 5.52 Å². The maximum Gasteiger partial charge on any atom is 0.286 e. The zero-order chi connectivity index (χ0) is 8.55. The van der Waals surface area contributed by atoms with Gasteiger partial charge >= 0.3 is 0 Å². The molecule has 1 aromatic carbocycles. The molecule has 2 nitrogen and oxygen atoms in total. The Morgan fingerprint density at radius 2 is 2.17 bits per heavy atom. The van der Waals surface area contributed by atoms with Crippen LogP contribution in [0.1, 0.15) is 5.56 Å². The minimum absolute atomic E-state index is 0.0258. The molecule has 0 saturated carbocycles. The molecular weight excluding hydrogens is 169 g/mol. The van der Waals surface area contributed by atoms with Gasteiger partial charge in [0, 0.05) is 11.6 Å². The Morgan fingerprint density at radius 3 is 2.92 bits per heavy atom. The highest BCUT2D eigenvalue weighted by Gasteiger charge is 2.00. The first-order valence-electron chi connectivity index (χ1n) is 3.73. The Hall–Kier alpha value is -1.14. The monoisotopic (exact) mass is 177 g/mol. The number of fused-ring (bicyclic) bond motifs is 1. The molecule has 0 atom stereocenters. The molecule has 0 aliphatic rings. The number of rotatable bonds is 1. The van der Waals surface area contributed by atoms with Gasteiger partial charge in [-0.3, -0.25) is 4.34 Å². The molecule has 2 aromatic rings. The van der Waals surface area contributed by atoms with Crippen molar-refractivity contribution < 1.29 is 4.57 Å². The first-order chi connectivity index (χ1) is 5.83. The third kappa shape index (κ3) is 0.961. The highest BCUT2D eigenvalue weighted by Crippen LogP contribution is 2.22. The molecule has 0 aliphatic carbocycles. The normalized spacial score (nSPS) is 11.1. The second-order valence-electron chi connectivity index (χ2n) is 2.75. The summed E-state index contributed by atoms with van der Waals surface area (Å²) in [6.45, 7) is 2.05. The third-order valence-corrected chi connectivity index (χ3v) is 2.54. The van der Waals surface area contributed by atoms with E-state index in [1.165, 1.54) is 10.9 Å². The molecule has 0 N–H and O–H groups in total. The van der Waals surface area contributed by atoms with E-state index >= 15 is 0 Å². The molecule has 0 bridgehead atoms. The Balaban J connectivity index is 2.88. The molecule has 0 fully saturated rings. The lowest BCUT2D eigenvalue weighted by Crippen LogP contribution is -1.77. The van der Waals surface area contributed by atoms with Gasteiger partial charge in [0.05, 0.1) is 5.52 Å². The second-order valence-corrected chi connectivity index (χ2v) is 3.34. The SMILES string of the molecule is Cc1cccc2c1ccn2P=O. The molecule has 0 aliphatic heterocycles. The van der Waals surface area contributed by atoms with Crippen LogP contribution in [0.4, 0.5) is 0 Å². The standard InChI is InChI=1S/C9H8NOP/c1-7-3-2-4-9-8(7)5-6-10(9)12-11/h2-6H,1H3. The first kappa shape index (κ1) is 7.51. The highest BCUT2D eigenvalue weighted by molar-refractivity contribution is 7.22. The van der Waals surface area contributed by atoms with Crippen LogP contribution < -0.4 is 0 Å². The molecule has 0 spiro atoms. The fraction of sp³-hybridized carbons (Fsp3) is 0.111. The number of hydrogen-bond donors (Lipinski definition) is 0. The number of hydrogen-bond acceptors (Lipinski definition) is 1. The van der Waals surface area contributed by atoms with Gasteiger partial charge in [0.2, 0.25) is 0 Å². The quantitative estimate of drug-likeness (QED) is 0.613. The van der Waals surface area contributed by atoms with Crippen molar-refractivity contribution in [2.24, 2.45) is 0 Å². The summed E-state index contributed by atoms with van der Waals surface area (Å²) in [5.74, 6) is 0. The highest BCUT2D eigenvalue weighted by atomic mass is 31.1. The summed E-state index contributed by atoms with van der Waals surface area (Å²) in [4.78, 5) is 0. The van der Waals surface area contributed by atoms with Crippen LogP contribution in [0.2, 0.25) is 0 Å². The number of aromatic nitrogens is 1. The van der Waals surface area contributed by atoms with E-state index < -0.39 is 0 Å². The Kier molecular flexibility index (Phi) is 1.70. The van der Waals surface area contributed by atoms with Crippen molar-refractivity contribution >= 4 is 19.5 Å². The average Bonchev–Trinajstić information content (AvgIpc) is 2.49. The molecule has 0 unspecified atom stereocenters.